The van der Waals surface area contributed by atoms with Crippen LogP contribution < -0.4 is 15.0 Å². The number of ether oxygens (including phenoxy) is 2. The van der Waals surface area contributed by atoms with Crippen molar-refractivity contribution in [2.45, 2.75) is 38.1 Å². The summed E-state index contributed by atoms with van der Waals surface area (Å²) < 4.78 is 11.0. The van der Waals surface area contributed by atoms with Gasteiger partial charge in [0.2, 0.25) is 5.11 Å². The van der Waals surface area contributed by atoms with Gasteiger partial charge in [0.1, 0.15) is 17.1 Å². The lowest BCUT2D eigenvalue weighted by molar-refractivity contribution is 0.0303. The molecule has 1 N–H and O–H groups in total. The predicted octanol–water partition coefficient (Wildman–Crippen LogP) is 4.49. The average molecular weight is 479 g/mol. The Hall–Kier alpha value is -2.97. The Balaban J connectivity index is 1.34. The van der Waals surface area contributed by atoms with Crippen molar-refractivity contribution in [2.24, 2.45) is 4.99 Å². The number of aliphatic imine (C=N–C) groups is 1. The number of carbonyl (C=O) groups is 1. The van der Waals surface area contributed by atoms with Crippen LogP contribution in [0, 0.1) is 0 Å². The van der Waals surface area contributed by atoms with Crippen molar-refractivity contribution in [1.82, 2.24) is 4.90 Å². The molecule has 1 amide bonds. The normalized spacial score (nSPS) is 19.4. The van der Waals surface area contributed by atoms with E-state index in [0.29, 0.717) is 43.6 Å². The van der Waals surface area contributed by atoms with Crippen LogP contribution in [0.3, 0.4) is 0 Å². The molecule has 0 aromatic heterocycles. The summed E-state index contributed by atoms with van der Waals surface area (Å²) in [5.74, 6) is 1.78. The van der Waals surface area contributed by atoms with Gasteiger partial charge in [-0.05, 0) is 80.5 Å². The first-order chi connectivity index (χ1) is 16.6. The number of rotatable bonds is 5. The zero-order valence-electron chi connectivity index (χ0n) is 19.5. The van der Waals surface area contributed by atoms with Gasteiger partial charge >= 0.3 is 0 Å². The Labute approximate surface area is 205 Å². The molecule has 2 fully saturated rings. The van der Waals surface area contributed by atoms with Gasteiger partial charge in [-0.2, -0.15) is 0 Å². The number of thiocarbonyl (C=S) groups is 1. The summed E-state index contributed by atoms with van der Waals surface area (Å²) in [6.45, 7) is 5.08. The molecule has 2 aromatic rings. The van der Waals surface area contributed by atoms with E-state index in [1.165, 1.54) is 0 Å². The lowest BCUT2D eigenvalue weighted by atomic mass is 9.93. The highest BCUT2D eigenvalue weighted by Crippen LogP contribution is 2.43. The SMILES string of the molecule is CCOc1ccc(N2C(=S)N=C(Nc3ccc(C(=O)N4CCOCC4)cc3)C23CCCC3)cc1. The third kappa shape index (κ3) is 4.28. The lowest BCUT2D eigenvalue weighted by Gasteiger charge is -2.37. The van der Waals surface area contributed by atoms with E-state index in [-0.39, 0.29) is 11.4 Å². The number of benzene rings is 2. The molecule has 0 unspecified atom stereocenters. The van der Waals surface area contributed by atoms with Crippen LogP contribution in [0.1, 0.15) is 43.0 Å². The molecular formula is C26H30N4O3S. The fourth-order valence-corrected chi connectivity index (χ4v) is 5.47. The Morgan fingerprint density at radius 2 is 1.76 bits per heavy atom. The lowest BCUT2D eigenvalue weighted by Crippen LogP contribution is -2.52. The quantitative estimate of drug-likeness (QED) is 0.639. The van der Waals surface area contributed by atoms with Gasteiger partial charge in [-0.15, -0.1) is 0 Å². The number of amidine groups is 1. The standard InChI is InChI=1S/C26H30N4O3S/c1-2-33-22-11-9-21(10-12-22)30-25(34)28-24(26(30)13-3-4-14-26)27-20-7-5-19(6-8-20)23(31)29-15-17-32-18-16-29/h5-12H,2-4,13-18H2,1H3,(H,27,28,34). The first kappa shape index (κ1) is 22.8. The smallest absolute Gasteiger partial charge is 0.254 e. The van der Waals surface area contributed by atoms with E-state index in [1.54, 1.807) is 0 Å². The van der Waals surface area contributed by atoms with E-state index in [2.05, 4.69) is 22.3 Å². The number of carbonyl (C=O) groups excluding carboxylic acids is 1. The summed E-state index contributed by atoms with van der Waals surface area (Å²) in [6, 6.07) is 15.7. The molecule has 7 nitrogen and oxygen atoms in total. The summed E-state index contributed by atoms with van der Waals surface area (Å²) >= 11 is 5.74. The third-order valence-electron chi connectivity index (χ3n) is 6.80. The van der Waals surface area contributed by atoms with Crippen LogP contribution in [0.4, 0.5) is 11.4 Å². The number of nitrogens with zero attached hydrogens (tertiary/aromatic N) is 3. The van der Waals surface area contributed by atoms with E-state index < -0.39 is 0 Å². The van der Waals surface area contributed by atoms with Gasteiger partial charge in [-0.1, -0.05) is 12.8 Å². The van der Waals surface area contributed by atoms with Crippen LogP contribution in [0.5, 0.6) is 5.75 Å². The summed E-state index contributed by atoms with van der Waals surface area (Å²) in [5.41, 5.74) is 2.34. The molecule has 1 saturated heterocycles. The number of nitrogens with one attached hydrogen (secondary N) is 1. The van der Waals surface area contributed by atoms with Crippen molar-refractivity contribution >= 4 is 40.4 Å². The van der Waals surface area contributed by atoms with Gasteiger partial charge in [-0.3, -0.25) is 4.79 Å². The highest BCUT2D eigenvalue weighted by Gasteiger charge is 2.50. The van der Waals surface area contributed by atoms with E-state index >= 15 is 0 Å². The summed E-state index contributed by atoms with van der Waals surface area (Å²) in [6.07, 6.45) is 4.23. The van der Waals surface area contributed by atoms with Crippen molar-refractivity contribution in [1.29, 1.82) is 0 Å². The minimum Gasteiger partial charge on any atom is -0.494 e. The van der Waals surface area contributed by atoms with E-state index in [4.69, 9.17) is 26.7 Å². The molecule has 1 spiro atoms. The predicted molar refractivity (Wildman–Crippen MR) is 138 cm³/mol. The molecule has 3 aliphatic rings. The van der Waals surface area contributed by atoms with Crippen molar-refractivity contribution in [2.75, 3.05) is 43.1 Å². The zero-order chi connectivity index (χ0) is 23.5. The fourth-order valence-electron chi connectivity index (χ4n) is 5.10. The molecule has 0 radical (unpaired) electrons. The Kier molecular flexibility index (Phi) is 6.52. The second kappa shape index (κ2) is 9.72. The van der Waals surface area contributed by atoms with Crippen molar-refractivity contribution in [3.05, 3.63) is 54.1 Å². The molecular weight excluding hydrogens is 448 g/mol. The first-order valence-corrected chi connectivity index (χ1v) is 12.4. The third-order valence-corrected chi connectivity index (χ3v) is 7.07. The van der Waals surface area contributed by atoms with Crippen molar-refractivity contribution in [3.63, 3.8) is 0 Å². The highest BCUT2D eigenvalue weighted by atomic mass is 32.1. The van der Waals surface area contributed by atoms with Crippen molar-refractivity contribution < 1.29 is 14.3 Å². The molecule has 0 bridgehead atoms. The fraction of sp³-hybridized carbons (Fsp3) is 0.423. The van der Waals surface area contributed by atoms with Gasteiger partial charge in [-0.25, -0.2) is 4.99 Å². The van der Waals surface area contributed by atoms with Crippen molar-refractivity contribution in [3.8, 4) is 5.75 Å². The molecule has 2 heterocycles. The van der Waals surface area contributed by atoms with Crippen LogP contribution in [-0.2, 0) is 4.74 Å². The van der Waals surface area contributed by atoms with Crippen LogP contribution in [0.2, 0.25) is 0 Å². The number of morpholine rings is 1. The maximum absolute atomic E-state index is 12.8. The maximum atomic E-state index is 12.8. The largest absolute Gasteiger partial charge is 0.494 e. The number of anilines is 2. The Morgan fingerprint density at radius 1 is 1.09 bits per heavy atom. The summed E-state index contributed by atoms with van der Waals surface area (Å²) in [7, 11) is 0. The molecule has 34 heavy (non-hydrogen) atoms. The van der Waals surface area contributed by atoms with Gasteiger partial charge < -0.3 is 24.6 Å². The highest BCUT2D eigenvalue weighted by molar-refractivity contribution is 7.80. The van der Waals surface area contributed by atoms with Gasteiger partial charge in [0.15, 0.2) is 0 Å². The number of hydrogen-bond acceptors (Lipinski definition) is 5. The van der Waals surface area contributed by atoms with Gasteiger partial charge in [0, 0.05) is 30.0 Å². The molecule has 2 aromatic carbocycles. The topological polar surface area (TPSA) is 66.4 Å². The van der Waals surface area contributed by atoms with E-state index in [9.17, 15) is 4.79 Å². The van der Waals surface area contributed by atoms with Crippen LogP contribution in [0.25, 0.3) is 0 Å². The number of amides is 1. The Bertz CT molecular complexity index is 1070. The van der Waals surface area contributed by atoms with Crippen LogP contribution in [0.15, 0.2) is 53.5 Å². The molecule has 178 valence electrons. The van der Waals surface area contributed by atoms with E-state index in [0.717, 1.165) is 48.6 Å². The first-order valence-electron chi connectivity index (χ1n) is 12.0. The molecule has 8 heteroatoms. The zero-order valence-corrected chi connectivity index (χ0v) is 20.3. The molecule has 0 atom stereocenters. The molecule has 5 rings (SSSR count). The van der Waals surface area contributed by atoms with Gasteiger partial charge in [0.05, 0.1) is 19.8 Å². The Morgan fingerprint density at radius 3 is 2.41 bits per heavy atom. The second-order valence-electron chi connectivity index (χ2n) is 8.85. The van der Waals surface area contributed by atoms with Gasteiger partial charge in [0.25, 0.3) is 5.91 Å². The second-order valence-corrected chi connectivity index (χ2v) is 9.22. The minimum atomic E-state index is -0.271. The summed E-state index contributed by atoms with van der Waals surface area (Å²) in [5, 5.41) is 4.11. The molecule has 2 aliphatic heterocycles. The van der Waals surface area contributed by atoms with Crippen LogP contribution >= 0.6 is 12.2 Å². The molecule has 1 aliphatic carbocycles. The monoisotopic (exact) mass is 478 g/mol. The molecule has 1 saturated carbocycles. The average Bonchev–Trinajstić information content (AvgIpc) is 3.46. The van der Waals surface area contributed by atoms with E-state index in [1.807, 2.05) is 48.2 Å². The van der Waals surface area contributed by atoms with Crippen LogP contribution in [-0.4, -0.2) is 60.2 Å². The number of hydrogen-bond donors (Lipinski definition) is 1. The maximum Gasteiger partial charge on any atom is 0.254 e. The summed E-state index contributed by atoms with van der Waals surface area (Å²) in [4.78, 5) is 21.6. The minimum absolute atomic E-state index is 0.0446.